The maximum absolute atomic E-state index is 6.90. The Morgan fingerprint density at radius 1 is 1.30 bits per heavy atom. The molecule has 0 saturated carbocycles. The number of hydrogen-bond donors (Lipinski definition) is 2. The fourth-order valence-corrected chi connectivity index (χ4v) is 6.21. The Morgan fingerprint density at radius 2 is 2.13 bits per heavy atom. The predicted octanol–water partition coefficient (Wildman–Crippen LogP) is 2.98. The van der Waals surface area contributed by atoms with E-state index in [0.717, 1.165) is 47.9 Å². The molecule has 4 heterocycles. The Morgan fingerprint density at radius 3 is 2.87 bits per heavy atom. The van der Waals surface area contributed by atoms with E-state index in [1.807, 2.05) is 6.20 Å². The number of hydrogen-bond acceptors (Lipinski definition) is 7. The van der Waals surface area contributed by atoms with E-state index in [0.29, 0.717) is 0 Å². The maximum atomic E-state index is 6.90. The topological polar surface area (TPSA) is 95.6 Å². The molecule has 2 aromatic heterocycles. The predicted molar refractivity (Wildman–Crippen MR) is 123 cm³/mol. The van der Waals surface area contributed by atoms with E-state index in [2.05, 4.69) is 47.8 Å². The van der Waals surface area contributed by atoms with Gasteiger partial charge in [-0.25, -0.2) is 20.0 Å². The molecule has 2 atom stereocenters. The molecule has 0 amide bonds. The number of rotatable bonds is 4. The van der Waals surface area contributed by atoms with Crippen molar-refractivity contribution in [3.8, 4) is 0 Å². The lowest BCUT2D eigenvalue weighted by atomic mass is 9.72. The van der Waals surface area contributed by atoms with Crippen LogP contribution in [-0.2, 0) is 19.3 Å². The van der Waals surface area contributed by atoms with Gasteiger partial charge in [0.25, 0.3) is 0 Å². The van der Waals surface area contributed by atoms with Crippen molar-refractivity contribution in [2.75, 3.05) is 19.0 Å². The van der Waals surface area contributed by atoms with Gasteiger partial charge in [0.2, 0.25) is 0 Å². The molecule has 8 heteroatoms. The highest BCUT2D eigenvalue weighted by Gasteiger charge is 2.48. The molecule has 30 heavy (non-hydrogen) atoms. The number of nitrogens with two attached hydrogens (primary N) is 1. The second-order valence-electron chi connectivity index (χ2n) is 9.63. The Labute approximate surface area is 181 Å². The van der Waals surface area contributed by atoms with Gasteiger partial charge in [-0.3, -0.25) is 0 Å². The minimum absolute atomic E-state index is 0.0144. The van der Waals surface area contributed by atoms with E-state index in [1.54, 1.807) is 24.4 Å². The van der Waals surface area contributed by atoms with Crippen molar-refractivity contribution in [2.45, 2.75) is 61.9 Å². The second kappa shape index (κ2) is 6.92. The lowest BCUT2D eigenvalue weighted by molar-refractivity contribution is 0.314. The second-order valence-corrected chi connectivity index (χ2v) is 10.7. The Hall–Kier alpha value is -2.19. The number of nitrogens with zero attached hydrogens (tertiary/aromatic N) is 5. The van der Waals surface area contributed by atoms with Crippen molar-refractivity contribution in [3.63, 3.8) is 0 Å². The van der Waals surface area contributed by atoms with Crippen LogP contribution < -0.4 is 10.6 Å². The van der Waals surface area contributed by atoms with Gasteiger partial charge < -0.3 is 15.6 Å². The van der Waals surface area contributed by atoms with Gasteiger partial charge in [-0.05, 0) is 48.6 Å². The standard InChI is InChI=1S/C22H29N7S/c1-21(2)7-6-14-15(9-21)16-17-18(30-20(16)28-19(14)29(3)4)22(23,27-12-26-17)8-5-13-10-24-11-25-13/h10-12,18H,5-9,23H2,1-4H3,(H,24,25). The number of anilines is 1. The SMILES string of the molecule is CN(C)c1nc2c(c3c1CCC(C)(C)C3)C1=NC=NC(N)(CCc3cnc[nH]3)C1S2. The first-order valence-electron chi connectivity index (χ1n) is 10.5. The van der Waals surface area contributed by atoms with E-state index >= 15 is 0 Å². The first-order chi connectivity index (χ1) is 14.3. The third-order valence-corrected chi connectivity index (χ3v) is 7.91. The minimum atomic E-state index is -0.705. The zero-order valence-electron chi connectivity index (χ0n) is 18.1. The Bertz CT molecular complexity index is 1040. The molecule has 2 aliphatic heterocycles. The van der Waals surface area contributed by atoms with Crippen LogP contribution >= 0.6 is 11.8 Å². The zero-order valence-corrected chi connectivity index (χ0v) is 18.9. The van der Waals surface area contributed by atoms with Gasteiger partial charge >= 0.3 is 0 Å². The summed E-state index contributed by atoms with van der Waals surface area (Å²) < 4.78 is 0. The van der Waals surface area contributed by atoms with Crippen LogP contribution in [0.15, 0.2) is 27.5 Å². The van der Waals surface area contributed by atoms with Gasteiger partial charge in [-0.2, -0.15) is 0 Å². The van der Waals surface area contributed by atoms with Crippen molar-refractivity contribution < 1.29 is 0 Å². The summed E-state index contributed by atoms with van der Waals surface area (Å²) in [6.07, 6.45) is 10.0. The highest BCUT2D eigenvalue weighted by molar-refractivity contribution is 8.01. The fraction of sp³-hybridized carbons (Fsp3) is 0.545. The van der Waals surface area contributed by atoms with E-state index in [1.165, 1.54) is 23.1 Å². The Balaban J connectivity index is 1.56. The summed E-state index contributed by atoms with van der Waals surface area (Å²) in [7, 11) is 4.17. The summed E-state index contributed by atoms with van der Waals surface area (Å²) in [5.74, 6) is 1.09. The molecule has 0 bridgehead atoms. The average molecular weight is 424 g/mol. The van der Waals surface area contributed by atoms with Crippen LogP contribution in [0.4, 0.5) is 5.82 Å². The number of pyridine rings is 1. The molecule has 1 aliphatic carbocycles. The number of aromatic amines is 1. The van der Waals surface area contributed by atoms with Crippen LogP contribution in [0.25, 0.3) is 0 Å². The number of H-pyrrole nitrogens is 1. The molecular weight excluding hydrogens is 394 g/mol. The van der Waals surface area contributed by atoms with Gasteiger partial charge in [0, 0.05) is 31.5 Å². The van der Waals surface area contributed by atoms with E-state index in [9.17, 15) is 0 Å². The summed E-state index contributed by atoms with van der Waals surface area (Å²) in [5.41, 5.74) is 12.6. The summed E-state index contributed by atoms with van der Waals surface area (Å²) in [5, 5.41) is 1.04. The summed E-state index contributed by atoms with van der Waals surface area (Å²) in [6.45, 7) is 4.72. The lowest BCUT2D eigenvalue weighted by Gasteiger charge is -2.35. The molecule has 0 aromatic carbocycles. The van der Waals surface area contributed by atoms with Crippen LogP contribution in [0.2, 0.25) is 0 Å². The largest absolute Gasteiger partial charge is 0.362 e. The van der Waals surface area contributed by atoms with Gasteiger partial charge in [0.1, 0.15) is 22.8 Å². The number of aryl methyl sites for hydroxylation is 1. The number of aromatic nitrogens is 3. The van der Waals surface area contributed by atoms with Gasteiger partial charge in [-0.1, -0.05) is 25.6 Å². The smallest absolute Gasteiger partial charge is 0.132 e. The summed E-state index contributed by atoms with van der Waals surface area (Å²) >= 11 is 1.74. The Kier molecular flexibility index (Phi) is 4.56. The summed E-state index contributed by atoms with van der Waals surface area (Å²) in [4.78, 5) is 23.9. The molecule has 3 aliphatic rings. The number of aliphatic imine (C=N–C) groups is 2. The molecule has 2 unspecified atom stereocenters. The quantitative estimate of drug-likeness (QED) is 0.788. The highest BCUT2D eigenvalue weighted by Crippen LogP contribution is 2.49. The lowest BCUT2D eigenvalue weighted by Crippen LogP contribution is -2.52. The number of nitrogens with one attached hydrogen (secondary N) is 1. The van der Waals surface area contributed by atoms with Crippen molar-refractivity contribution in [2.24, 2.45) is 21.1 Å². The monoisotopic (exact) mass is 423 g/mol. The normalized spacial score (nSPS) is 26.0. The molecule has 7 nitrogen and oxygen atoms in total. The summed E-state index contributed by atoms with van der Waals surface area (Å²) in [6, 6.07) is 0. The third-order valence-electron chi connectivity index (χ3n) is 6.52. The first kappa shape index (κ1) is 19.8. The molecule has 5 rings (SSSR count). The van der Waals surface area contributed by atoms with Crippen LogP contribution in [0, 0.1) is 5.41 Å². The average Bonchev–Trinajstić information content (AvgIpc) is 3.33. The maximum Gasteiger partial charge on any atom is 0.132 e. The minimum Gasteiger partial charge on any atom is -0.362 e. The van der Waals surface area contributed by atoms with Crippen LogP contribution in [-0.4, -0.2) is 52.0 Å². The molecule has 0 spiro atoms. The van der Waals surface area contributed by atoms with Crippen LogP contribution in [0.5, 0.6) is 0 Å². The van der Waals surface area contributed by atoms with Crippen LogP contribution in [0.1, 0.15) is 49.1 Å². The third kappa shape index (κ3) is 3.17. The molecule has 0 fully saturated rings. The van der Waals surface area contributed by atoms with Crippen molar-refractivity contribution in [3.05, 3.63) is 34.9 Å². The van der Waals surface area contributed by atoms with E-state index in [-0.39, 0.29) is 10.7 Å². The number of fused-ring (bicyclic) bond motifs is 5. The molecule has 158 valence electrons. The molecule has 0 saturated heterocycles. The van der Waals surface area contributed by atoms with Crippen molar-refractivity contribution >= 4 is 29.6 Å². The highest BCUT2D eigenvalue weighted by atomic mass is 32.2. The first-order valence-corrected chi connectivity index (χ1v) is 11.4. The van der Waals surface area contributed by atoms with Crippen LogP contribution in [0.3, 0.4) is 0 Å². The zero-order chi connectivity index (χ0) is 21.1. The number of imidazole rings is 1. The fourth-order valence-electron chi connectivity index (χ4n) is 4.83. The van der Waals surface area contributed by atoms with Crippen molar-refractivity contribution in [1.29, 1.82) is 0 Å². The van der Waals surface area contributed by atoms with E-state index in [4.69, 9.17) is 15.7 Å². The van der Waals surface area contributed by atoms with Gasteiger partial charge in [-0.15, -0.1) is 0 Å². The van der Waals surface area contributed by atoms with E-state index < -0.39 is 5.66 Å². The molecule has 2 aromatic rings. The molecule has 3 N–H and O–H groups in total. The molecule has 0 radical (unpaired) electrons. The number of thioether (sulfide) groups is 1. The van der Waals surface area contributed by atoms with Gasteiger partial charge in [0.05, 0.1) is 17.3 Å². The molecular formula is C22H29N7S. The van der Waals surface area contributed by atoms with Crippen molar-refractivity contribution in [1.82, 2.24) is 15.0 Å². The van der Waals surface area contributed by atoms with Gasteiger partial charge in [0.15, 0.2) is 0 Å².